The smallest absolute Gasteiger partial charge is 0.124 e. The van der Waals surface area contributed by atoms with Gasteiger partial charge in [-0.1, -0.05) is 37.1 Å². The van der Waals surface area contributed by atoms with E-state index in [0.29, 0.717) is 0 Å². The third-order valence-electron chi connectivity index (χ3n) is 3.18. The Kier molecular flexibility index (Phi) is 5.93. The predicted molar refractivity (Wildman–Crippen MR) is 86.1 cm³/mol. The first-order valence-corrected chi connectivity index (χ1v) is 8.11. The summed E-state index contributed by atoms with van der Waals surface area (Å²) in [5.74, 6) is 0.903. The summed E-state index contributed by atoms with van der Waals surface area (Å²) >= 11 is 1.78. The Bertz CT molecular complexity index is 534. The van der Waals surface area contributed by atoms with Crippen LogP contribution in [-0.2, 0) is 6.42 Å². The van der Waals surface area contributed by atoms with E-state index in [1.54, 1.807) is 18.0 Å². The minimum Gasteiger partial charge on any atom is -0.364 e. The average molecular weight is 287 g/mol. The lowest BCUT2D eigenvalue weighted by Gasteiger charge is -2.09. The van der Waals surface area contributed by atoms with Gasteiger partial charge in [-0.3, -0.25) is 0 Å². The van der Waals surface area contributed by atoms with Crippen LogP contribution in [0.3, 0.4) is 0 Å². The molecule has 2 nitrogen and oxygen atoms in total. The van der Waals surface area contributed by atoms with Crippen LogP contribution in [-0.4, -0.2) is 10.9 Å². The molecule has 20 heavy (non-hydrogen) atoms. The minimum absolute atomic E-state index is 0.903. The van der Waals surface area contributed by atoms with Crippen molar-refractivity contribution < 1.29 is 4.52 Å². The molecule has 1 heterocycles. The van der Waals surface area contributed by atoms with Crippen molar-refractivity contribution in [2.24, 2.45) is 0 Å². The van der Waals surface area contributed by atoms with Crippen molar-refractivity contribution in [2.45, 2.75) is 37.5 Å². The highest BCUT2D eigenvalue weighted by Crippen LogP contribution is 2.32. The van der Waals surface area contributed by atoms with Crippen molar-refractivity contribution in [2.75, 3.05) is 5.75 Å². The second-order valence-electron chi connectivity index (χ2n) is 4.77. The maximum Gasteiger partial charge on any atom is 0.124 e. The summed E-state index contributed by atoms with van der Waals surface area (Å²) in [5.41, 5.74) is 3.45. The summed E-state index contributed by atoms with van der Waals surface area (Å²) in [6, 6.07) is 8.59. The van der Waals surface area contributed by atoms with Crippen LogP contribution in [0.15, 0.2) is 52.6 Å². The average Bonchev–Trinajstić information content (AvgIpc) is 3.00. The molecule has 0 atom stereocenters. The number of nitrogens with zero attached hydrogens (tertiary/aromatic N) is 1. The third kappa shape index (κ3) is 4.01. The highest BCUT2D eigenvalue weighted by atomic mass is 32.2. The van der Waals surface area contributed by atoms with Crippen LogP contribution >= 0.6 is 11.8 Å². The van der Waals surface area contributed by atoms with Gasteiger partial charge in [-0.25, -0.2) is 0 Å². The molecule has 0 aliphatic rings. The zero-order chi connectivity index (χ0) is 14.2. The maximum absolute atomic E-state index is 4.99. The van der Waals surface area contributed by atoms with Crippen molar-refractivity contribution in [1.29, 1.82) is 0 Å². The first-order chi connectivity index (χ1) is 9.85. The fourth-order valence-electron chi connectivity index (χ4n) is 2.14. The van der Waals surface area contributed by atoms with Crippen molar-refractivity contribution in [3.05, 3.63) is 48.7 Å². The van der Waals surface area contributed by atoms with E-state index in [4.69, 9.17) is 4.52 Å². The van der Waals surface area contributed by atoms with Gasteiger partial charge in [-0.15, -0.1) is 18.3 Å². The first-order valence-electron chi connectivity index (χ1n) is 7.12. The maximum atomic E-state index is 4.99. The molecular formula is C17H21NOS. The Morgan fingerprint density at radius 3 is 2.90 bits per heavy atom. The second kappa shape index (κ2) is 7.95. The molecule has 106 valence electrons. The lowest BCUT2D eigenvalue weighted by Crippen LogP contribution is -1.90. The predicted octanol–water partition coefficient (Wildman–Crippen LogP) is 5.35. The number of benzene rings is 1. The van der Waals surface area contributed by atoms with Gasteiger partial charge in [0.15, 0.2) is 0 Å². The van der Waals surface area contributed by atoms with Crippen LogP contribution in [0, 0.1) is 0 Å². The van der Waals surface area contributed by atoms with Crippen molar-refractivity contribution in [3.63, 3.8) is 0 Å². The van der Waals surface area contributed by atoms with E-state index in [9.17, 15) is 0 Å². The Hall–Kier alpha value is -1.48. The van der Waals surface area contributed by atoms with Gasteiger partial charge in [0, 0.05) is 22.3 Å². The van der Waals surface area contributed by atoms with Crippen molar-refractivity contribution in [1.82, 2.24) is 5.16 Å². The van der Waals surface area contributed by atoms with Crippen LogP contribution in [0.2, 0.25) is 0 Å². The van der Waals surface area contributed by atoms with Crippen LogP contribution in [0.1, 0.15) is 31.7 Å². The summed E-state index contributed by atoms with van der Waals surface area (Å²) in [5, 5.41) is 4.08. The van der Waals surface area contributed by atoms with E-state index in [0.717, 1.165) is 17.9 Å². The van der Waals surface area contributed by atoms with Gasteiger partial charge in [-0.05, 0) is 30.5 Å². The van der Waals surface area contributed by atoms with Gasteiger partial charge < -0.3 is 4.52 Å². The van der Waals surface area contributed by atoms with E-state index in [2.05, 4.69) is 36.9 Å². The Labute approximate surface area is 125 Å². The molecule has 0 aliphatic heterocycles. The first kappa shape index (κ1) is 14.9. The molecule has 0 bridgehead atoms. The summed E-state index contributed by atoms with van der Waals surface area (Å²) in [6.45, 7) is 6.01. The van der Waals surface area contributed by atoms with Gasteiger partial charge in [-0.2, -0.15) is 0 Å². The monoisotopic (exact) mass is 287 g/mol. The molecule has 0 fully saturated rings. The van der Waals surface area contributed by atoms with E-state index < -0.39 is 0 Å². The largest absolute Gasteiger partial charge is 0.364 e. The molecule has 0 unspecified atom stereocenters. The molecule has 3 heteroatoms. The fraction of sp³-hybridized carbons (Fsp3) is 0.353. The zero-order valence-electron chi connectivity index (χ0n) is 12.0. The van der Waals surface area contributed by atoms with Gasteiger partial charge in [0.1, 0.15) is 12.0 Å². The molecule has 1 aromatic heterocycles. The Balaban J connectivity index is 2.22. The number of hydrogen-bond donors (Lipinski definition) is 0. The molecule has 2 aromatic rings. The lowest BCUT2D eigenvalue weighted by atomic mass is 10.0. The SMILES string of the molecule is C=CCSc1ccc(CCCCC)cc1-c1ccon1. The van der Waals surface area contributed by atoms with Gasteiger partial charge in [0.25, 0.3) is 0 Å². The number of thioether (sulfide) groups is 1. The van der Waals surface area contributed by atoms with E-state index >= 15 is 0 Å². The summed E-state index contributed by atoms with van der Waals surface area (Å²) in [4.78, 5) is 1.23. The van der Waals surface area contributed by atoms with Crippen molar-refractivity contribution >= 4 is 11.8 Å². The molecule has 0 saturated carbocycles. The molecule has 0 spiro atoms. The molecular weight excluding hydrogens is 266 g/mol. The standard InChI is InChI=1S/C17H21NOS/c1-3-5-6-7-14-8-9-17(20-12-4-2)15(13-14)16-10-11-19-18-16/h4,8-11,13H,2-3,5-7,12H2,1H3. The lowest BCUT2D eigenvalue weighted by molar-refractivity contribution is 0.422. The Morgan fingerprint density at radius 1 is 1.30 bits per heavy atom. The zero-order valence-corrected chi connectivity index (χ0v) is 12.8. The molecule has 0 N–H and O–H groups in total. The van der Waals surface area contributed by atoms with Crippen LogP contribution in [0.4, 0.5) is 0 Å². The highest BCUT2D eigenvalue weighted by Gasteiger charge is 2.09. The highest BCUT2D eigenvalue weighted by molar-refractivity contribution is 7.99. The van der Waals surface area contributed by atoms with Crippen LogP contribution in [0.5, 0.6) is 0 Å². The molecule has 0 radical (unpaired) electrons. The van der Waals surface area contributed by atoms with Gasteiger partial charge in [0.05, 0.1) is 0 Å². The molecule has 1 aromatic carbocycles. The number of hydrogen-bond acceptors (Lipinski definition) is 3. The number of aromatic nitrogens is 1. The van der Waals surface area contributed by atoms with Gasteiger partial charge in [0.2, 0.25) is 0 Å². The van der Waals surface area contributed by atoms with Gasteiger partial charge >= 0.3 is 0 Å². The molecule has 0 aliphatic carbocycles. The molecule has 2 rings (SSSR count). The number of unbranched alkanes of at least 4 members (excludes halogenated alkanes) is 2. The number of aryl methyl sites for hydroxylation is 1. The molecule has 0 amide bonds. The fourth-order valence-corrected chi connectivity index (χ4v) is 2.92. The topological polar surface area (TPSA) is 26.0 Å². The summed E-state index contributed by atoms with van der Waals surface area (Å²) < 4.78 is 4.99. The summed E-state index contributed by atoms with van der Waals surface area (Å²) in [7, 11) is 0. The quantitative estimate of drug-likeness (QED) is 0.372. The van der Waals surface area contributed by atoms with E-state index in [1.807, 2.05) is 12.1 Å². The normalized spacial score (nSPS) is 10.7. The van der Waals surface area contributed by atoms with E-state index in [1.165, 1.54) is 35.3 Å². The van der Waals surface area contributed by atoms with Crippen LogP contribution < -0.4 is 0 Å². The van der Waals surface area contributed by atoms with E-state index in [-0.39, 0.29) is 0 Å². The summed E-state index contributed by atoms with van der Waals surface area (Å²) in [6.07, 6.45) is 8.46. The van der Waals surface area contributed by atoms with Crippen molar-refractivity contribution in [3.8, 4) is 11.3 Å². The van der Waals surface area contributed by atoms with Crippen LogP contribution in [0.25, 0.3) is 11.3 Å². The third-order valence-corrected chi connectivity index (χ3v) is 4.25. The molecule has 0 saturated heterocycles. The second-order valence-corrected chi connectivity index (χ2v) is 5.83. The number of rotatable bonds is 8. The minimum atomic E-state index is 0.903. The Morgan fingerprint density at radius 2 is 2.20 bits per heavy atom.